The maximum Gasteiger partial charge on any atom is 0.251 e. The zero-order valence-electron chi connectivity index (χ0n) is 11.2. The molecule has 20 heavy (non-hydrogen) atoms. The van der Waals surface area contributed by atoms with Gasteiger partial charge in [0, 0.05) is 17.4 Å². The molecule has 0 aliphatic rings. The van der Waals surface area contributed by atoms with Crippen molar-refractivity contribution in [1.82, 2.24) is 10.3 Å². The van der Waals surface area contributed by atoms with Crippen LogP contribution in [0.1, 0.15) is 28.5 Å². The first-order valence-corrected chi connectivity index (χ1v) is 6.37. The fourth-order valence-corrected chi connectivity index (χ4v) is 1.96. The lowest BCUT2D eigenvalue weighted by Crippen LogP contribution is -2.24. The number of nitrogens with one attached hydrogen (secondary N) is 1. The van der Waals surface area contributed by atoms with Gasteiger partial charge < -0.3 is 11.1 Å². The maximum atomic E-state index is 13.2. The third kappa shape index (κ3) is 3.32. The number of hydrogen-bond acceptors (Lipinski definition) is 3. The number of aromatic nitrogens is 1. The Morgan fingerprint density at radius 1 is 1.40 bits per heavy atom. The van der Waals surface area contributed by atoms with Crippen LogP contribution in [0.2, 0.25) is 0 Å². The van der Waals surface area contributed by atoms with Gasteiger partial charge >= 0.3 is 0 Å². The third-order valence-corrected chi connectivity index (χ3v) is 2.96. The molecule has 0 radical (unpaired) electrons. The SMILES string of the molecule is CCc1cccnc1CNC(=O)c1cc(N)cc(F)c1. The molecule has 2 aromatic rings. The van der Waals surface area contributed by atoms with Gasteiger partial charge in [0.15, 0.2) is 0 Å². The summed E-state index contributed by atoms with van der Waals surface area (Å²) in [5.41, 5.74) is 7.84. The van der Waals surface area contributed by atoms with E-state index in [1.807, 2.05) is 19.1 Å². The Morgan fingerprint density at radius 2 is 2.20 bits per heavy atom. The van der Waals surface area contributed by atoms with Crippen molar-refractivity contribution in [2.45, 2.75) is 19.9 Å². The normalized spacial score (nSPS) is 10.3. The van der Waals surface area contributed by atoms with Gasteiger partial charge in [0.2, 0.25) is 0 Å². The lowest BCUT2D eigenvalue weighted by atomic mass is 10.1. The number of halogens is 1. The molecule has 5 heteroatoms. The van der Waals surface area contributed by atoms with Crippen molar-refractivity contribution < 1.29 is 9.18 Å². The zero-order chi connectivity index (χ0) is 14.5. The molecule has 4 nitrogen and oxygen atoms in total. The van der Waals surface area contributed by atoms with E-state index in [-0.39, 0.29) is 17.2 Å². The summed E-state index contributed by atoms with van der Waals surface area (Å²) in [4.78, 5) is 16.2. The molecule has 104 valence electrons. The molecule has 0 saturated heterocycles. The van der Waals surface area contributed by atoms with Gasteiger partial charge in [0.1, 0.15) is 5.82 Å². The van der Waals surface area contributed by atoms with Crippen LogP contribution < -0.4 is 11.1 Å². The second-order valence-electron chi connectivity index (χ2n) is 4.42. The summed E-state index contributed by atoms with van der Waals surface area (Å²) < 4.78 is 13.2. The van der Waals surface area contributed by atoms with E-state index in [2.05, 4.69) is 10.3 Å². The summed E-state index contributed by atoms with van der Waals surface area (Å²) in [5, 5.41) is 2.72. The van der Waals surface area contributed by atoms with Crippen molar-refractivity contribution in [3.05, 3.63) is 59.2 Å². The molecule has 2 rings (SSSR count). The number of nitrogen functional groups attached to an aromatic ring is 1. The van der Waals surface area contributed by atoms with Crippen molar-refractivity contribution in [1.29, 1.82) is 0 Å². The second-order valence-corrected chi connectivity index (χ2v) is 4.42. The Balaban J connectivity index is 2.08. The quantitative estimate of drug-likeness (QED) is 0.840. The lowest BCUT2D eigenvalue weighted by molar-refractivity contribution is 0.0950. The molecule has 1 aromatic heterocycles. The van der Waals surface area contributed by atoms with E-state index in [4.69, 9.17) is 5.73 Å². The van der Waals surface area contributed by atoms with Crippen molar-refractivity contribution in [3.63, 3.8) is 0 Å². The number of hydrogen-bond donors (Lipinski definition) is 2. The van der Waals surface area contributed by atoms with Gasteiger partial charge in [-0.15, -0.1) is 0 Å². The minimum absolute atomic E-state index is 0.205. The molecule has 1 amide bonds. The van der Waals surface area contributed by atoms with Gasteiger partial charge in [-0.05, 0) is 36.2 Å². The highest BCUT2D eigenvalue weighted by molar-refractivity contribution is 5.94. The molecule has 0 fully saturated rings. The fraction of sp³-hybridized carbons (Fsp3) is 0.200. The van der Waals surface area contributed by atoms with Gasteiger partial charge in [0.25, 0.3) is 5.91 Å². The molecule has 0 bridgehead atoms. The summed E-state index contributed by atoms with van der Waals surface area (Å²) in [7, 11) is 0. The Kier molecular flexibility index (Phi) is 4.30. The molecular formula is C15H16FN3O. The van der Waals surface area contributed by atoms with E-state index >= 15 is 0 Å². The summed E-state index contributed by atoms with van der Waals surface area (Å²) >= 11 is 0. The van der Waals surface area contributed by atoms with Gasteiger partial charge in [0.05, 0.1) is 12.2 Å². The minimum atomic E-state index is -0.526. The molecular weight excluding hydrogens is 257 g/mol. The van der Waals surface area contributed by atoms with E-state index in [1.165, 1.54) is 12.1 Å². The van der Waals surface area contributed by atoms with E-state index < -0.39 is 5.82 Å². The largest absolute Gasteiger partial charge is 0.399 e. The Labute approximate surface area is 116 Å². The predicted octanol–water partition coefficient (Wildman–Crippen LogP) is 2.30. The molecule has 0 atom stereocenters. The Hall–Kier alpha value is -2.43. The van der Waals surface area contributed by atoms with E-state index in [9.17, 15) is 9.18 Å². The van der Waals surface area contributed by atoms with Crippen molar-refractivity contribution in [3.8, 4) is 0 Å². The van der Waals surface area contributed by atoms with Crippen LogP contribution in [0.3, 0.4) is 0 Å². The van der Waals surface area contributed by atoms with Crippen LogP contribution in [0.4, 0.5) is 10.1 Å². The number of nitrogens with zero attached hydrogens (tertiary/aromatic N) is 1. The highest BCUT2D eigenvalue weighted by Gasteiger charge is 2.09. The van der Waals surface area contributed by atoms with Crippen molar-refractivity contribution in [2.75, 3.05) is 5.73 Å². The summed E-state index contributed by atoms with van der Waals surface area (Å²) in [5.74, 6) is -0.897. The molecule has 3 N–H and O–H groups in total. The molecule has 0 aliphatic heterocycles. The second kappa shape index (κ2) is 6.14. The number of nitrogens with two attached hydrogens (primary N) is 1. The van der Waals surface area contributed by atoms with Crippen LogP contribution in [0.5, 0.6) is 0 Å². The number of benzene rings is 1. The number of anilines is 1. The number of carbonyl (C=O) groups is 1. The first-order chi connectivity index (χ1) is 9.60. The molecule has 1 heterocycles. The Morgan fingerprint density at radius 3 is 2.90 bits per heavy atom. The molecule has 0 spiro atoms. The van der Waals surface area contributed by atoms with Crippen LogP contribution in [0.15, 0.2) is 36.5 Å². The van der Waals surface area contributed by atoms with E-state index in [1.54, 1.807) is 6.20 Å². The first-order valence-electron chi connectivity index (χ1n) is 6.37. The topological polar surface area (TPSA) is 68.0 Å². The third-order valence-electron chi connectivity index (χ3n) is 2.96. The smallest absolute Gasteiger partial charge is 0.251 e. The lowest BCUT2D eigenvalue weighted by Gasteiger charge is -2.09. The number of amides is 1. The molecule has 0 aliphatic carbocycles. The average Bonchev–Trinajstić information content (AvgIpc) is 2.44. The van der Waals surface area contributed by atoms with Crippen LogP contribution in [0.25, 0.3) is 0 Å². The number of carbonyl (C=O) groups excluding carboxylic acids is 1. The fourth-order valence-electron chi connectivity index (χ4n) is 1.96. The standard InChI is InChI=1S/C15H16FN3O/c1-2-10-4-3-5-18-14(10)9-19-15(20)11-6-12(16)8-13(17)7-11/h3-8H,2,9,17H2,1H3,(H,19,20). The van der Waals surface area contributed by atoms with Crippen LogP contribution >= 0.6 is 0 Å². The van der Waals surface area contributed by atoms with Crippen LogP contribution in [-0.2, 0) is 13.0 Å². The molecule has 0 saturated carbocycles. The van der Waals surface area contributed by atoms with Crippen LogP contribution in [-0.4, -0.2) is 10.9 Å². The highest BCUT2D eigenvalue weighted by atomic mass is 19.1. The number of pyridine rings is 1. The average molecular weight is 273 g/mol. The Bertz CT molecular complexity index is 608. The maximum absolute atomic E-state index is 13.2. The van der Waals surface area contributed by atoms with Gasteiger partial charge in [-0.2, -0.15) is 0 Å². The molecule has 1 aromatic carbocycles. The van der Waals surface area contributed by atoms with Gasteiger partial charge in [-0.25, -0.2) is 4.39 Å². The van der Waals surface area contributed by atoms with E-state index in [0.29, 0.717) is 6.54 Å². The van der Waals surface area contributed by atoms with Crippen molar-refractivity contribution in [2.24, 2.45) is 0 Å². The minimum Gasteiger partial charge on any atom is -0.399 e. The highest BCUT2D eigenvalue weighted by Crippen LogP contribution is 2.11. The van der Waals surface area contributed by atoms with Gasteiger partial charge in [-0.3, -0.25) is 9.78 Å². The zero-order valence-corrected chi connectivity index (χ0v) is 11.2. The van der Waals surface area contributed by atoms with E-state index in [0.717, 1.165) is 23.7 Å². The first kappa shape index (κ1) is 14.0. The monoisotopic (exact) mass is 273 g/mol. The predicted molar refractivity (Wildman–Crippen MR) is 75.6 cm³/mol. The summed E-state index contributed by atoms with van der Waals surface area (Å²) in [6, 6.07) is 7.60. The van der Waals surface area contributed by atoms with Gasteiger partial charge in [-0.1, -0.05) is 13.0 Å². The number of aryl methyl sites for hydroxylation is 1. The summed E-state index contributed by atoms with van der Waals surface area (Å²) in [6.45, 7) is 2.33. The summed E-state index contributed by atoms with van der Waals surface area (Å²) in [6.07, 6.45) is 2.52. The molecule has 0 unspecified atom stereocenters. The van der Waals surface area contributed by atoms with Crippen LogP contribution in [0, 0.1) is 5.82 Å². The van der Waals surface area contributed by atoms with Crippen molar-refractivity contribution >= 4 is 11.6 Å². The number of rotatable bonds is 4.